The molecule has 0 saturated carbocycles. The third-order valence-corrected chi connectivity index (χ3v) is 5.82. The van der Waals surface area contributed by atoms with Gasteiger partial charge in [0.1, 0.15) is 17.0 Å². The molecule has 0 spiro atoms. The summed E-state index contributed by atoms with van der Waals surface area (Å²) in [6.45, 7) is 10.6. The van der Waals surface area contributed by atoms with Crippen LogP contribution in [0.3, 0.4) is 0 Å². The Labute approximate surface area is 146 Å². The lowest BCUT2D eigenvalue weighted by atomic mass is 10.1. The van der Waals surface area contributed by atoms with Crippen LogP contribution in [0.4, 0.5) is 11.5 Å². The number of hydrogen-bond acceptors (Lipinski definition) is 5. The Morgan fingerprint density at radius 2 is 1.67 bits per heavy atom. The zero-order valence-electron chi connectivity index (χ0n) is 14.4. The Hall–Kier alpha value is -2.14. The number of aryl methyl sites for hydroxylation is 3. The highest BCUT2D eigenvalue weighted by Crippen LogP contribution is 2.32. The molecule has 1 saturated heterocycles. The molecule has 0 amide bonds. The summed E-state index contributed by atoms with van der Waals surface area (Å²) < 4.78 is 0. The van der Waals surface area contributed by atoms with Crippen LogP contribution in [0.2, 0.25) is 0 Å². The number of benzene rings is 1. The van der Waals surface area contributed by atoms with Crippen molar-refractivity contribution in [2.24, 2.45) is 0 Å². The minimum absolute atomic E-state index is 0.995. The maximum Gasteiger partial charge on any atom is 0.141 e. The standard InChI is InChI=1S/C19H22N4S/c1-13-4-5-14(2)16(10-13)22-6-8-23(9-7-22)18-17-15(3)11-24-19(17)21-12-20-18/h4-5,10-12H,6-9H2,1-3H3. The molecule has 1 fully saturated rings. The maximum atomic E-state index is 4.60. The molecule has 0 radical (unpaired) electrons. The molecule has 124 valence electrons. The second-order valence-electron chi connectivity index (χ2n) is 6.56. The van der Waals surface area contributed by atoms with Crippen molar-refractivity contribution in [1.29, 1.82) is 0 Å². The van der Waals surface area contributed by atoms with Gasteiger partial charge in [-0.3, -0.25) is 0 Å². The van der Waals surface area contributed by atoms with Gasteiger partial charge in [0.25, 0.3) is 0 Å². The average Bonchev–Trinajstić information content (AvgIpc) is 2.99. The van der Waals surface area contributed by atoms with Crippen molar-refractivity contribution in [3.63, 3.8) is 0 Å². The van der Waals surface area contributed by atoms with Crippen LogP contribution in [0.25, 0.3) is 10.2 Å². The molecule has 3 aromatic rings. The van der Waals surface area contributed by atoms with Crippen molar-refractivity contribution in [2.45, 2.75) is 20.8 Å². The maximum absolute atomic E-state index is 4.60. The van der Waals surface area contributed by atoms with E-state index in [9.17, 15) is 0 Å². The van der Waals surface area contributed by atoms with E-state index in [1.165, 1.54) is 27.8 Å². The summed E-state index contributed by atoms with van der Waals surface area (Å²) in [5.41, 5.74) is 5.33. The molecule has 0 aliphatic carbocycles. The second kappa shape index (κ2) is 6.06. The molecule has 24 heavy (non-hydrogen) atoms. The average molecular weight is 338 g/mol. The molecule has 0 atom stereocenters. The summed E-state index contributed by atoms with van der Waals surface area (Å²) in [5, 5.41) is 3.40. The van der Waals surface area contributed by atoms with Gasteiger partial charge in [-0.15, -0.1) is 11.3 Å². The van der Waals surface area contributed by atoms with Crippen molar-refractivity contribution in [1.82, 2.24) is 9.97 Å². The van der Waals surface area contributed by atoms with Gasteiger partial charge in [-0.2, -0.15) is 0 Å². The zero-order chi connectivity index (χ0) is 16.7. The lowest BCUT2D eigenvalue weighted by molar-refractivity contribution is 0.647. The molecule has 1 aromatic carbocycles. The first-order valence-corrected chi connectivity index (χ1v) is 9.27. The first-order valence-electron chi connectivity index (χ1n) is 8.39. The number of rotatable bonds is 2. The Kier molecular flexibility index (Phi) is 3.88. The Bertz CT molecular complexity index is 878. The fourth-order valence-corrected chi connectivity index (χ4v) is 4.34. The quantitative estimate of drug-likeness (QED) is 0.708. The van der Waals surface area contributed by atoms with E-state index in [1.54, 1.807) is 17.7 Å². The topological polar surface area (TPSA) is 32.3 Å². The van der Waals surface area contributed by atoms with Gasteiger partial charge in [0.15, 0.2) is 0 Å². The van der Waals surface area contributed by atoms with Crippen LogP contribution >= 0.6 is 11.3 Å². The molecule has 2 aromatic heterocycles. The van der Waals surface area contributed by atoms with Crippen LogP contribution in [0, 0.1) is 20.8 Å². The van der Waals surface area contributed by atoms with Crippen molar-refractivity contribution >= 4 is 33.1 Å². The normalized spacial score (nSPS) is 15.3. The molecule has 0 bridgehead atoms. The highest BCUT2D eigenvalue weighted by Gasteiger charge is 2.22. The summed E-state index contributed by atoms with van der Waals surface area (Å²) in [6, 6.07) is 6.71. The van der Waals surface area contributed by atoms with Gasteiger partial charge < -0.3 is 9.80 Å². The van der Waals surface area contributed by atoms with E-state index in [0.29, 0.717) is 0 Å². The summed E-state index contributed by atoms with van der Waals surface area (Å²) in [5.74, 6) is 1.10. The summed E-state index contributed by atoms with van der Waals surface area (Å²) in [4.78, 5) is 15.0. The fraction of sp³-hybridized carbons (Fsp3) is 0.368. The fourth-order valence-electron chi connectivity index (χ4n) is 3.46. The number of fused-ring (bicyclic) bond motifs is 1. The number of aromatic nitrogens is 2. The summed E-state index contributed by atoms with van der Waals surface area (Å²) >= 11 is 1.70. The van der Waals surface area contributed by atoms with Crippen LogP contribution in [0.15, 0.2) is 29.9 Å². The van der Waals surface area contributed by atoms with E-state index in [0.717, 1.165) is 36.8 Å². The number of anilines is 2. The number of thiophene rings is 1. The summed E-state index contributed by atoms with van der Waals surface area (Å²) in [6.07, 6.45) is 1.70. The van der Waals surface area contributed by atoms with Crippen molar-refractivity contribution in [3.05, 3.63) is 46.6 Å². The SMILES string of the molecule is Cc1ccc(C)c(N2CCN(c3ncnc4scc(C)c34)CC2)c1. The lowest BCUT2D eigenvalue weighted by Crippen LogP contribution is -2.47. The number of nitrogens with zero attached hydrogens (tertiary/aromatic N) is 4. The largest absolute Gasteiger partial charge is 0.368 e. The van der Waals surface area contributed by atoms with Crippen LogP contribution in [0.1, 0.15) is 16.7 Å². The zero-order valence-corrected chi connectivity index (χ0v) is 15.2. The molecule has 4 nitrogen and oxygen atoms in total. The Balaban J connectivity index is 1.58. The highest BCUT2D eigenvalue weighted by atomic mass is 32.1. The highest BCUT2D eigenvalue weighted by molar-refractivity contribution is 7.17. The molecule has 0 N–H and O–H groups in total. The minimum atomic E-state index is 0.995. The van der Waals surface area contributed by atoms with E-state index in [4.69, 9.17) is 0 Å². The van der Waals surface area contributed by atoms with Gasteiger partial charge in [-0.25, -0.2) is 9.97 Å². The van der Waals surface area contributed by atoms with E-state index < -0.39 is 0 Å². The van der Waals surface area contributed by atoms with Crippen LogP contribution < -0.4 is 9.80 Å². The van der Waals surface area contributed by atoms with E-state index in [1.807, 2.05) is 0 Å². The van der Waals surface area contributed by atoms with Gasteiger partial charge in [0.05, 0.1) is 5.39 Å². The Morgan fingerprint density at radius 1 is 0.917 bits per heavy atom. The lowest BCUT2D eigenvalue weighted by Gasteiger charge is -2.37. The van der Waals surface area contributed by atoms with Gasteiger partial charge >= 0.3 is 0 Å². The van der Waals surface area contributed by atoms with Gasteiger partial charge in [0, 0.05) is 31.9 Å². The Morgan fingerprint density at radius 3 is 2.46 bits per heavy atom. The van der Waals surface area contributed by atoms with Crippen molar-refractivity contribution in [2.75, 3.05) is 36.0 Å². The van der Waals surface area contributed by atoms with Gasteiger partial charge in [-0.05, 0) is 48.9 Å². The number of hydrogen-bond donors (Lipinski definition) is 0. The van der Waals surface area contributed by atoms with Crippen LogP contribution in [-0.2, 0) is 0 Å². The smallest absolute Gasteiger partial charge is 0.141 e. The molecular formula is C19H22N4S. The molecule has 0 unspecified atom stereocenters. The monoisotopic (exact) mass is 338 g/mol. The third-order valence-electron chi connectivity index (χ3n) is 4.82. The first-order chi connectivity index (χ1) is 11.6. The van der Waals surface area contributed by atoms with Crippen LogP contribution in [0.5, 0.6) is 0 Å². The van der Waals surface area contributed by atoms with Crippen molar-refractivity contribution < 1.29 is 0 Å². The van der Waals surface area contributed by atoms with E-state index >= 15 is 0 Å². The van der Waals surface area contributed by atoms with Gasteiger partial charge in [-0.1, -0.05) is 12.1 Å². The molecule has 5 heteroatoms. The summed E-state index contributed by atoms with van der Waals surface area (Å²) in [7, 11) is 0. The molecule has 4 rings (SSSR count). The van der Waals surface area contributed by atoms with Gasteiger partial charge in [0.2, 0.25) is 0 Å². The van der Waals surface area contributed by atoms with E-state index in [2.05, 4.69) is 64.1 Å². The third kappa shape index (κ3) is 2.63. The molecule has 1 aliphatic heterocycles. The molecule has 3 heterocycles. The predicted octanol–water partition coefficient (Wildman–Crippen LogP) is 3.94. The second-order valence-corrected chi connectivity index (χ2v) is 7.42. The number of piperazine rings is 1. The molecule has 1 aliphatic rings. The predicted molar refractivity (Wildman–Crippen MR) is 102 cm³/mol. The van der Waals surface area contributed by atoms with Crippen molar-refractivity contribution in [3.8, 4) is 0 Å². The minimum Gasteiger partial charge on any atom is -0.368 e. The first kappa shape index (κ1) is 15.4. The van der Waals surface area contributed by atoms with Crippen LogP contribution in [-0.4, -0.2) is 36.1 Å². The van der Waals surface area contributed by atoms with E-state index in [-0.39, 0.29) is 0 Å². The molecular weight excluding hydrogens is 316 g/mol.